The minimum atomic E-state index is -0.170. The molecule has 1 aliphatic rings. The van der Waals surface area contributed by atoms with Gasteiger partial charge in [0.25, 0.3) is 0 Å². The number of fused-ring (bicyclic) bond motifs is 1. The number of rotatable bonds is 4. The molecule has 1 atom stereocenters. The molecule has 0 radical (unpaired) electrons. The van der Waals surface area contributed by atoms with Crippen molar-refractivity contribution in [1.29, 1.82) is 0 Å². The van der Waals surface area contributed by atoms with Crippen LogP contribution in [-0.2, 0) is 16.1 Å². The van der Waals surface area contributed by atoms with Crippen molar-refractivity contribution in [2.45, 2.75) is 26.3 Å². The van der Waals surface area contributed by atoms with E-state index >= 15 is 0 Å². The highest BCUT2D eigenvalue weighted by Crippen LogP contribution is 2.27. The zero-order chi connectivity index (χ0) is 18.0. The monoisotopic (exact) mass is 383 g/mol. The zero-order valence-corrected chi connectivity index (χ0v) is 15.4. The van der Waals surface area contributed by atoms with E-state index in [9.17, 15) is 9.59 Å². The number of carbonyl (C=O) groups is 1. The molecule has 0 amide bonds. The summed E-state index contributed by atoms with van der Waals surface area (Å²) in [6.45, 7) is 3.99. The lowest BCUT2D eigenvalue weighted by Crippen LogP contribution is -2.39. The van der Waals surface area contributed by atoms with E-state index in [1.165, 1.54) is 6.26 Å². The summed E-state index contributed by atoms with van der Waals surface area (Å²) in [7, 11) is 0. The van der Waals surface area contributed by atoms with Gasteiger partial charge in [-0.2, -0.15) is 0 Å². The number of hydrogen-bond donors (Lipinski definition) is 0. The van der Waals surface area contributed by atoms with Gasteiger partial charge in [-0.25, -0.2) is 0 Å². The molecule has 25 heavy (non-hydrogen) atoms. The Morgan fingerprint density at radius 2 is 2.20 bits per heavy atom. The summed E-state index contributed by atoms with van der Waals surface area (Å²) in [5.74, 6) is -0.318. The van der Waals surface area contributed by atoms with Crippen LogP contribution < -0.4 is 5.43 Å². The number of ether oxygens (including phenoxy) is 1. The molecule has 5 nitrogen and oxygen atoms in total. The summed E-state index contributed by atoms with van der Waals surface area (Å²) in [4.78, 5) is 26.8. The molecule has 1 aromatic heterocycles. The minimum absolute atomic E-state index is 0.148. The zero-order valence-electron chi connectivity index (χ0n) is 13.9. The van der Waals surface area contributed by atoms with E-state index in [0.717, 1.165) is 19.4 Å². The van der Waals surface area contributed by atoms with Crippen LogP contribution in [0, 0.1) is 5.92 Å². The number of carbonyl (C=O) groups excluding carboxylic acids is 1. The SMILES string of the molecule is CCOC(=O)[C@H]1CCCN(Cc2coc3c(Cl)cc(Cl)cc3c2=O)C1. The first-order chi connectivity index (χ1) is 12.0. The van der Waals surface area contributed by atoms with Gasteiger partial charge in [-0.05, 0) is 38.4 Å². The van der Waals surface area contributed by atoms with E-state index in [0.29, 0.717) is 46.3 Å². The van der Waals surface area contributed by atoms with Crippen LogP contribution in [0.1, 0.15) is 25.3 Å². The number of halogens is 2. The van der Waals surface area contributed by atoms with E-state index in [2.05, 4.69) is 4.90 Å². The van der Waals surface area contributed by atoms with Crippen molar-refractivity contribution in [3.8, 4) is 0 Å². The van der Waals surface area contributed by atoms with Crippen LogP contribution in [0.4, 0.5) is 0 Å². The summed E-state index contributed by atoms with van der Waals surface area (Å²) < 4.78 is 10.7. The minimum Gasteiger partial charge on any atom is -0.466 e. The van der Waals surface area contributed by atoms with Crippen LogP contribution in [-0.4, -0.2) is 30.6 Å². The Morgan fingerprint density at radius 1 is 1.40 bits per heavy atom. The predicted octanol–water partition coefficient (Wildman–Crippen LogP) is 3.87. The molecule has 1 saturated heterocycles. The van der Waals surface area contributed by atoms with Gasteiger partial charge in [0.1, 0.15) is 0 Å². The molecule has 0 saturated carbocycles. The number of nitrogens with zero attached hydrogens (tertiary/aromatic N) is 1. The van der Waals surface area contributed by atoms with Crippen LogP contribution >= 0.6 is 23.2 Å². The first-order valence-corrected chi connectivity index (χ1v) is 9.03. The number of likely N-dealkylation sites (tertiary alicyclic amines) is 1. The van der Waals surface area contributed by atoms with Crippen molar-refractivity contribution >= 4 is 40.1 Å². The Bertz CT molecular complexity index is 849. The Labute approximate surface area is 155 Å². The van der Waals surface area contributed by atoms with Crippen molar-refractivity contribution in [1.82, 2.24) is 4.90 Å². The lowest BCUT2D eigenvalue weighted by Gasteiger charge is -2.31. The Hall–Kier alpha value is -1.56. The van der Waals surface area contributed by atoms with Gasteiger partial charge in [-0.15, -0.1) is 0 Å². The summed E-state index contributed by atoms with van der Waals surface area (Å²) in [5.41, 5.74) is 0.710. The summed E-state index contributed by atoms with van der Waals surface area (Å²) in [6.07, 6.45) is 3.14. The second kappa shape index (κ2) is 7.77. The molecule has 0 aliphatic carbocycles. The smallest absolute Gasteiger partial charge is 0.310 e. The van der Waals surface area contributed by atoms with Gasteiger partial charge in [0, 0.05) is 23.7 Å². The molecular weight excluding hydrogens is 365 g/mol. The van der Waals surface area contributed by atoms with Crippen LogP contribution in [0.3, 0.4) is 0 Å². The molecular formula is C18H19Cl2NO4. The van der Waals surface area contributed by atoms with Crippen molar-refractivity contribution in [3.63, 3.8) is 0 Å². The Kier molecular flexibility index (Phi) is 5.67. The molecule has 0 N–H and O–H groups in total. The van der Waals surface area contributed by atoms with Crippen molar-refractivity contribution in [2.24, 2.45) is 5.92 Å². The number of hydrogen-bond acceptors (Lipinski definition) is 5. The average molecular weight is 384 g/mol. The molecule has 1 fully saturated rings. The van der Waals surface area contributed by atoms with Gasteiger partial charge in [0.15, 0.2) is 11.0 Å². The molecule has 1 aromatic carbocycles. The summed E-state index contributed by atoms with van der Waals surface area (Å²) in [5, 5.41) is 1.07. The van der Waals surface area contributed by atoms with Gasteiger partial charge < -0.3 is 9.15 Å². The molecule has 7 heteroatoms. The molecule has 1 aliphatic heterocycles. The van der Waals surface area contributed by atoms with Crippen LogP contribution in [0.25, 0.3) is 11.0 Å². The first-order valence-electron chi connectivity index (χ1n) is 8.28. The van der Waals surface area contributed by atoms with Crippen LogP contribution in [0.5, 0.6) is 0 Å². The normalized spacial score (nSPS) is 18.4. The van der Waals surface area contributed by atoms with Gasteiger partial charge in [-0.1, -0.05) is 23.2 Å². The van der Waals surface area contributed by atoms with Crippen molar-refractivity contribution < 1.29 is 13.9 Å². The molecule has 0 unspecified atom stereocenters. The van der Waals surface area contributed by atoms with E-state index in [-0.39, 0.29) is 17.3 Å². The fourth-order valence-corrected chi connectivity index (χ4v) is 3.74. The lowest BCUT2D eigenvalue weighted by molar-refractivity contribution is -0.150. The molecule has 0 bridgehead atoms. The van der Waals surface area contributed by atoms with Gasteiger partial charge in [0.05, 0.1) is 29.2 Å². The van der Waals surface area contributed by atoms with E-state index in [1.54, 1.807) is 19.1 Å². The maximum absolute atomic E-state index is 12.7. The number of esters is 1. The molecule has 2 aromatic rings. The standard InChI is InChI=1S/C18H19Cl2NO4/c1-2-24-18(23)11-4-3-5-21(8-11)9-12-10-25-17-14(16(12)22)6-13(19)7-15(17)20/h6-7,10-11H,2-5,8-9H2,1H3/t11-/m0/s1. The van der Waals surface area contributed by atoms with Gasteiger partial charge >= 0.3 is 5.97 Å². The molecule has 3 rings (SSSR count). The summed E-state index contributed by atoms with van der Waals surface area (Å²) >= 11 is 12.1. The largest absolute Gasteiger partial charge is 0.466 e. The topological polar surface area (TPSA) is 59.8 Å². The molecule has 2 heterocycles. The highest BCUT2D eigenvalue weighted by Gasteiger charge is 2.27. The fourth-order valence-electron chi connectivity index (χ4n) is 3.21. The third kappa shape index (κ3) is 4.00. The number of benzene rings is 1. The Morgan fingerprint density at radius 3 is 2.96 bits per heavy atom. The number of piperidine rings is 1. The lowest BCUT2D eigenvalue weighted by atomic mass is 9.98. The van der Waals surface area contributed by atoms with E-state index in [1.807, 2.05) is 0 Å². The van der Waals surface area contributed by atoms with Crippen molar-refractivity contribution in [2.75, 3.05) is 19.7 Å². The second-order valence-electron chi connectivity index (χ2n) is 6.18. The van der Waals surface area contributed by atoms with E-state index < -0.39 is 0 Å². The highest BCUT2D eigenvalue weighted by molar-refractivity contribution is 6.38. The van der Waals surface area contributed by atoms with Crippen LogP contribution in [0.2, 0.25) is 10.0 Å². The second-order valence-corrected chi connectivity index (χ2v) is 7.02. The fraction of sp³-hybridized carbons (Fsp3) is 0.444. The maximum Gasteiger partial charge on any atom is 0.310 e. The quantitative estimate of drug-likeness (QED) is 0.749. The van der Waals surface area contributed by atoms with E-state index in [4.69, 9.17) is 32.4 Å². The maximum atomic E-state index is 12.7. The Balaban J connectivity index is 1.82. The molecule has 134 valence electrons. The third-order valence-electron chi connectivity index (χ3n) is 4.38. The average Bonchev–Trinajstić information content (AvgIpc) is 2.58. The van der Waals surface area contributed by atoms with Gasteiger partial charge in [-0.3, -0.25) is 14.5 Å². The summed E-state index contributed by atoms with van der Waals surface area (Å²) in [6, 6.07) is 3.11. The van der Waals surface area contributed by atoms with Gasteiger partial charge in [0.2, 0.25) is 0 Å². The highest BCUT2D eigenvalue weighted by atomic mass is 35.5. The predicted molar refractivity (Wildman–Crippen MR) is 97.1 cm³/mol. The van der Waals surface area contributed by atoms with Crippen molar-refractivity contribution in [3.05, 3.63) is 44.2 Å². The molecule has 0 spiro atoms. The third-order valence-corrected chi connectivity index (χ3v) is 4.88. The first kappa shape index (κ1) is 18.2. The van der Waals surface area contributed by atoms with Crippen LogP contribution in [0.15, 0.2) is 27.6 Å².